The molecule has 1 aromatic carbocycles. The number of nitrogen functional groups attached to an aromatic ring is 2. The van der Waals surface area contributed by atoms with Gasteiger partial charge in [0, 0.05) is 51.4 Å². The lowest BCUT2D eigenvalue weighted by molar-refractivity contribution is -0.676. The molecule has 0 spiro atoms. The fraction of sp³-hybridized carbons (Fsp3) is 0.481. The van der Waals surface area contributed by atoms with Crippen LogP contribution < -0.4 is 21.4 Å². The standard InChI is InChI=1S/C27H34ClFN10O4/c1-3-38-18-13-16(26(41)35-5-7-36(8-6-35)27(42)37-9-11-43-12-10-37)17(29)14-19(18)39(4-2)20(38)15-32-25(40)21-23(30)34-24(31)22(28)33-21/h13-14H,3-12,15H2,1-2H3,(H4-,30,31,32,34,40)/p+1. The minimum absolute atomic E-state index is 0.0499. The van der Waals surface area contributed by atoms with E-state index in [1.165, 1.54) is 6.07 Å². The molecule has 230 valence electrons. The van der Waals surface area contributed by atoms with Crippen molar-refractivity contribution in [3.8, 4) is 0 Å². The Labute approximate surface area is 252 Å². The predicted molar refractivity (Wildman–Crippen MR) is 156 cm³/mol. The van der Waals surface area contributed by atoms with Gasteiger partial charge >= 0.3 is 6.03 Å². The maximum atomic E-state index is 15.5. The van der Waals surface area contributed by atoms with E-state index in [1.54, 1.807) is 20.8 Å². The fourth-order valence-corrected chi connectivity index (χ4v) is 5.67. The van der Waals surface area contributed by atoms with Gasteiger partial charge in [0.05, 0.1) is 31.9 Å². The summed E-state index contributed by atoms with van der Waals surface area (Å²) < 4.78 is 24.6. The molecule has 0 unspecified atom stereocenters. The number of halogens is 2. The molecule has 0 saturated carbocycles. The van der Waals surface area contributed by atoms with Crippen molar-refractivity contribution in [2.75, 3.05) is 63.9 Å². The summed E-state index contributed by atoms with van der Waals surface area (Å²) in [6.45, 7) is 8.30. The van der Waals surface area contributed by atoms with Crippen LogP contribution in [0.15, 0.2) is 12.1 Å². The molecule has 0 radical (unpaired) electrons. The number of carbonyl (C=O) groups excluding carboxylic acids is 3. The van der Waals surface area contributed by atoms with Crippen LogP contribution in [0.5, 0.6) is 0 Å². The Hall–Kier alpha value is -4.24. The van der Waals surface area contributed by atoms with Gasteiger partial charge in [0.1, 0.15) is 12.4 Å². The van der Waals surface area contributed by atoms with Crippen LogP contribution in [0.25, 0.3) is 11.0 Å². The van der Waals surface area contributed by atoms with Gasteiger partial charge in [-0.1, -0.05) is 11.6 Å². The molecular weight excluding hydrogens is 583 g/mol. The van der Waals surface area contributed by atoms with E-state index in [0.717, 1.165) is 0 Å². The van der Waals surface area contributed by atoms with Crippen LogP contribution in [0.1, 0.15) is 40.5 Å². The molecule has 2 aliphatic rings. The van der Waals surface area contributed by atoms with E-state index in [2.05, 4.69) is 15.3 Å². The van der Waals surface area contributed by atoms with Crippen molar-refractivity contribution in [3.63, 3.8) is 0 Å². The molecule has 14 nitrogen and oxygen atoms in total. The lowest BCUT2D eigenvalue weighted by Crippen LogP contribution is -2.55. The number of nitrogens with one attached hydrogen (secondary N) is 1. The Balaban J connectivity index is 1.35. The molecule has 0 aliphatic carbocycles. The van der Waals surface area contributed by atoms with Crippen LogP contribution >= 0.6 is 11.6 Å². The van der Waals surface area contributed by atoms with Gasteiger partial charge in [0.15, 0.2) is 33.5 Å². The van der Waals surface area contributed by atoms with Gasteiger partial charge in [0.25, 0.3) is 17.6 Å². The number of hydrogen-bond acceptors (Lipinski definition) is 8. The quantitative estimate of drug-likeness (QED) is 0.342. The summed E-state index contributed by atoms with van der Waals surface area (Å²) >= 11 is 5.93. The SMILES string of the molecule is CCn1c(CNC(=O)c2nc(Cl)c(N)nc2N)[n+](CC)c2cc(C(=O)N3CCN(C(=O)N4CCOCC4)CC3)c(F)cc21. The highest BCUT2D eigenvalue weighted by Gasteiger charge is 2.32. The largest absolute Gasteiger partial charge is 0.382 e. The first-order valence-corrected chi connectivity index (χ1v) is 14.5. The maximum Gasteiger partial charge on any atom is 0.320 e. The molecule has 43 heavy (non-hydrogen) atoms. The van der Waals surface area contributed by atoms with Crippen LogP contribution in [0, 0.1) is 5.82 Å². The highest BCUT2D eigenvalue weighted by Crippen LogP contribution is 2.23. The molecule has 2 aromatic heterocycles. The predicted octanol–water partition coefficient (Wildman–Crippen LogP) is 0.856. The van der Waals surface area contributed by atoms with E-state index >= 15 is 4.39 Å². The third-order valence-electron chi connectivity index (χ3n) is 7.78. The molecule has 5 N–H and O–H groups in total. The molecule has 2 fully saturated rings. The van der Waals surface area contributed by atoms with Gasteiger partial charge < -0.3 is 36.2 Å². The fourth-order valence-electron chi connectivity index (χ4n) is 5.55. The molecule has 4 amide bonds. The van der Waals surface area contributed by atoms with E-state index in [0.29, 0.717) is 82.4 Å². The Morgan fingerprint density at radius 3 is 2.30 bits per heavy atom. The van der Waals surface area contributed by atoms with Crippen LogP contribution in [0.2, 0.25) is 5.15 Å². The van der Waals surface area contributed by atoms with Crippen molar-refractivity contribution >= 4 is 52.1 Å². The summed E-state index contributed by atoms with van der Waals surface area (Å²) in [5, 5.41) is 2.64. The third-order valence-corrected chi connectivity index (χ3v) is 8.06. The van der Waals surface area contributed by atoms with E-state index < -0.39 is 17.6 Å². The van der Waals surface area contributed by atoms with Gasteiger partial charge in [-0.15, -0.1) is 0 Å². The average Bonchev–Trinajstić information content (AvgIpc) is 3.31. The molecule has 2 aliphatic heterocycles. The summed E-state index contributed by atoms with van der Waals surface area (Å²) in [7, 11) is 0. The van der Waals surface area contributed by atoms with Crippen molar-refractivity contribution in [1.29, 1.82) is 0 Å². The van der Waals surface area contributed by atoms with Crippen molar-refractivity contribution in [3.05, 3.63) is 40.2 Å². The second-order valence-corrected chi connectivity index (χ2v) is 10.6. The number of amides is 4. The Bertz CT molecular complexity index is 1570. The number of nitrogens with two attached hydrogens (primary N) is 2. The Kier molecular flexibility index (Phi) is 8.82. The van der Waals surface area contributed by atoms with Gasteiger partial charge in [-0.2, -0.15) is 0 Å². The van der Waals surface area contributed by atoms with Crippen molar-refractivity contribution in [2.45, 2.75) is 33.5 Å². The molecule has 0 bridgehead atoms. The summed E-state index contributed by atoms with van der Waals surface area (Å²) in [6.07, 6.45) is 0. The lowest BCUT2D eigenvalue weighted by atomic mass is 10.1. The number of carbonyl (C=O) groups is 3. The number of aromatic nitrogens is 4. The van der Waals surface area contributed by atoms with Crippen molar-refractivity contribution in [1.82, 2.24) is 34.6 Å². The number of nitrogens with zero attached hydrogens (tertiary/aromatic N) is 7. The number of fused-ring (bicyclic) bond motifs is 1. The molecule has 3 aromatic rings. The summed E-state index contributed by atoms with van der Waals surface area (Å²) in [5.74, 6) is -1.24. The number of aryl methyl sites for hydroxylation is 2. The summed E-state index contributed by atoms with van der Waals surface area (Å²) in [6, 6.07) is 2.84. The van der Waals surface area contributed by atoms with Crippen LogP contribution in [0.3, 0.4) is 0 Å². The second-order valence-electron chi connectivity index (χ2n) is 10.2. The van der Waals surface area contributed by atoms with Gasteiger partial charge in [-0.3, -0.25) is 9.59 Å². The zero-order chi connectivity index (χ0) is 30.8. The van der Waals surface area contributed by atoms with Gasteiger partial charge in [0.2, 0.25) is 0 Å². The molecule has 5 rings (SSSR count). The molecule has 4 heterocycles. The third kappa shape index (κ3) is 5.86. The number of ether oxygens (including phenoxy) is 1. The van der Waals surface area contributed by atoms with Gasteiger partial charge in [-0.05, 0) is 13.8 Å². The number of urea groups is 1. The molecular formula is C27H35ClFN10O4+. The number of rotatable bonds is 6. The normalized spacial score (nSPS) is 15.7. The first-order chi connectivity index (χ1) is 20.6. The van der Waals surface area contributed by atoms with E-state index in [1.807, 2.05) is 23.0 Å². The lowest BCUT2D eigenvalue weighted by Gasteiger charge is -2.38. The number of morpholine rings is 1. The van der Waals surface area contributed by atoms with Crippen molar-refractivity contribution in [2.24, 2.45) is 0 Å². The average molecular weight is 618 g/mol. The maximum absolute atomic E-state index is 15.5. The van der Waals surface area contributed by atoms with Crippen LogP contribution in [0.4, 0.5) is 20.8 Å². The topological polar surface area (TPSA) is 169 Å². The van der Waals surface area contributed by atoms with Crippen LogP contribution in [-0.2, 0) is 24.4 Å². The molecule has 16 heteroatoms. The molecule has 0 atom stereocenters. The number of imidazole rings is 1. The van der Waals surface area contributed by atoms with E-state index in [4.69, 9.17) is 27.8 Å². The van der Waals surface area contributed by atoms with Crippen molar-refractivity contribution < 1.29 is 28.1 Å². The zero-order valence-corrected chi connectivity index (χ0v) is 24.9. The Morgan fingerprint density at radius 1 is 1.00 bits per heavy atom. The molecule has 2 saturated heterocycles. The number of piperazine rings is 1. The minimum atomic E-state index is -0.644. The highest BCUT2D eigenvalue weighted by molar-refractivity contribution is 6.31. The number of hydrogen-bond donors (Lipinski definition) is 3. The zero-order valence-electron chi connectivity index (χ0n) is 24.1. The Morgan fingerprint density at radius 2 is 1.65 bits per heavy atom. The smallest absolute Gasteiger partial charge is 0.320 e. The number of benzene rings is 1. The first-order valence-electron chi connectivity index (χ1n) is 14.2. The summed E-state index contributed by atoms with van der Waals surface area (Å²) in [5.41, 5.74) is 12.5. The van der Waals surface area contributed by atoms with Gasteiger partial charge in [-0.25, -0.2) is 28.3 Å². The first kappa shape index (κ1) is 30.2. The second kappa shape index (κ2) is 12.6. The monoisotopic (exact) mass is 617 g/mol. The summed E-state index contributed by atoms with van der Waals surface area (Å²) in [4.78, 5) is 52.1. The van der Waals surface area contributed by atoms with E-state index in [-0.39, 0.29) is 40.6 Å². The minimum Gasteiger partial charge on any atom is -0.382 e. The number of anilines is 2. The van der Waals surface area contributed by atoms with Crippen LogP contribution in [-0.4, -0.2) is 99.6 Å². The van der Waals surface area contributed by atoms with E-state index in [9.17, 15) is 14.4 Å². The highest BCUT2D eigenvalue weighted by atomic mass is 35.5.